The number of nitrogens with two attached hydrogens (primary N) is 3. The summed E-state index contributed by atoms with van der Waals surface area (Å²) in [6.45, 7) is 9.28. The number of amides is 18. The smallest absolute Gasteiger partial charge is 0.303 e. The lowest BCUT2D eigenvalue weighted by Gasteiger charge is -2.33. The van der Waals surface area contributed by atoms with Crippen LogP contribution in [0, 0.1) is 17.2 Å². The Hall–Kier alpha value is -11.5. The number of halogens is 1. The summed E-state index contributed by atoms with van der Waals surface area (Å²) >= 11 is 6.52. The van der Waals surface area contributed by atoms with E-state index in [1.807, 2.05) is 6.92 Å². The number of aliphatic hydroxyl groups excluding tert-OH is 2. The number of nitrogens with zero attached hydrogens (tertiary/aromatic N) is 4. The minimum atomic E-state index is -1.85. The van der Waals surface area contributed by atoms with Gasteiger partial charge in [-0.2, -0.15) is 0 Å². The molecule has 0 radical (unpaired) electrons. The number of primary amides is 1. The zero-order valence-corrected chi connectivity index (χ0v) is 81.0. The van der Waals surface area contributed by atoms with Crippen LogP contribution in [0.15, 0.2) is 54.6 Å². The third-order valence-electron chi connectivity index (χ3n) is 24.2. The van der Waals surface area contributed by atoms with E-state index >= 15 is 28.8 Å². The Labute approximate surface area is 809 Å². The maximum Gasteiger partial charge on any atom is 0.303 e. The van der Waals surface area contributed by atoms with Gasteiger partial charge in [-0.15, -0.1) is 0 Å². The van der Waals surface area contributed by atoms with Gasteiger partial charge in [-0.25, -0.2) is 0 Å². The van der Waals surface area contributed by atoms with Gasteiger partial charge in [0.05, 0.1) is 13.2 Å². The summed E-state index contributed by atoms with van der Waals surface area (Å²) in [4.78, 5) is 279. The van der Waals surface area contributed by atoms with Gasteiger partial charge in [-0.3, -0.25) is 96.5 Å². The topological polar surface area (TPSA) is 668 Å². The highest BCUT2D eigenvalue weighted by atomic mass is 35.5. The van der Waals surface area contributed by atoms with Crippen molar-refractivity contribution in [3.05, 3.63) is 70.7 Å². The molecule has 0 spiro atoms. The van der Waals surface area contributed by atoms with Crippen LogP contribution in [-0.2, 0) is 104 Å². The number of fused-ring (bicyclic) bond motifs is 1. The molecule has 5 fully saturated rings. The number of carboxylic acid groups (broad SMARTS) is 1. The molecule has 17 atom stereocenters. The van der Waals surface area contributed by atoms with Gasteiger partial charge in [0, 0.05) is 75.4 Å². The van der Waals surface area contributed by atoms with E-state index in [-0.39, 0.29) is 153 Å². The van der Waals surface area contributed by atoms with Crippen LogP contribution >= 0.6 is 33.2 Å². The van der Waals surface area contributed by atoms with Crippen LogP contribution in [0.3, 0.4) is 0 Å². The van der Waals surface area contributed by atoms with E-state index in [2.05, 4.69) is 74.4 Å². The molecule has 0 bridgehead atoms. The van der Waals surface area contributed by atoms with E-state index in [4.69, 9.17) is 34.2 Å². The van der Waals surface area contributed by atoms with Crippen molar-refractivity contribution in [2.75, 3.05) is 64.0 Å². The molecule has 2 aromatic carbocycles. The highest BCUT2D eigenvalue weighted by molar-refractivity contribution is 8.76. The Morgan fingerprint density at radius 1 is 0.562 bits per heavy atom. The van der Waals surface area contributed by atoms with Crippen LogP contribution in [0.5, 0.6) is 0 Å². The average molecular weight is 1980 g/mol. The van der Waals surface area contributed by atoms with Crippen molar-refractivity contribution in [2.45, 2.75) is 292 Å². The molecular formula is C90H137ClN22O22S2. The largest absolute Gasteiger partial charge is 0.481 e. The minimum Gasteiger partial charge on any atom is -0.481 e. The third-order valence-corrected chi connectivity index (χ3v) is 26.9. The molecule has 44 nitrogen and oxygen atoms in total. The molecule has 7 rings (SSSR count). The lowest BCUT2D eigenvalue weighted by Crippen LogP contribution is -2.61. The molecule has 2 unspecified atom stereocenters. The number of benzene rings is 2. The number of likely N-dealkylation sites (tertiary alicyclic amines) is 3. The molecule has 47 heteroatoms. The second kappa shape index (κ2) is 56.4. The van der Waals surface area contributed by atoms with Crippen LogP contribution in [0.1, 0.15) is 188 Å². The van der Waals surface area contributed by atoms with Gasteiger partial charge >= 0.3 is 5.97 Å². The van der Waals surface area contributed by atoms with Crippen LogP contribution < -0.4 is 91.6 Å². The lowest BCUT2D eigenvalue weighted by molar-refractivity contribution is -0.148. The number of carboxylic acids is 1. The molecule has 18 amide bonds. The minimum absolute atomic E-state index is 0.00725. The van der Waals surface area contributed by atoms with Gasteiger partial charge in [0.15, 0.2) is 5.96 Å². The van der Waals surface area contributed by atoms with Gasteiger partial charge in [0.2, 0.25) is 106 Å². The zero-order chi connectivity index (χ0) is 101. The summed E-state index contributed by atoms with van der Waals surface area (Å²) in [5, 5.41) is 76.1. The Kier molecular flexibility index (Phi) is 46.3. The molecule has 137 heavy (non-hydrogen) atoms. The first-order valence-corrected chi connectivity index (χ1v) is 49.7. The number of aliphatic carboxylic acids is 1. The standard InChI is InChI=1S/C90H137ClN22O22S2/c1-8-9-25-59-86(132)110-37-17-28-67(110)83(129)97-51(6)74(120)107-64(46-114)81(127)105-62(44-53-21-11-10-12-22-53)79(125)109-66(82(128)103-60(26-13-14-35-92)87(133)113-40-20-31-70(113)88(134)111-38-18-29-68(111)84(130)99-56(73(93)119)32-33-71(117)118)48-137-136-41-34-58(76(122)104-61(42-49(2)3)77(123)100-57(27-16-36-96-90(94)95)75(121)108-65(47-115)80(126)102-59)101-78(124)63(45-54-23-15-24-55(91)43-54)106-85(131)69-30-19-39-112(69)89(135)72(50(4)5)98-52(7)116/h10-12,15,21-24,43,49-51,56-70,72,114-115H,8-9,13-14,16-20,25-42,44-48,92H2,1-7H3,(H2,93,119)(H,97,129)(H,98,116)(H,99,130)(H,100,123)(H,101,124)(H,102,126)(H,103,128)(H,104,122)(H,105,127)(H,106,131)(H,107,120)(H,108,121)(H,109,125)(H,117,118)(H4,94,95,96)/t51-,56-,57-,58?,59-,60?,61-,62-,63-,64-,65-,66-,67-,68-,69-,70-,72-/m0/s1. The number of hydrogen-bond acceptors (Lipinski definition) is 25. The molecule has 5 heterocycles. The molecule has 0 aliphatic carbocycles. The summed E-state index contributed by atoms with van der Waals surface area (Å²) in [5.74, 6) is -19.0. The van der Waals surface area contributed by atoms with Crippen LogP contribution in [-0.4, -0.2) is 320 Å². The average Bonchev–Trinajstić information content (AvgIpc) is 1.66. The zero-order valence-electron chi connectivity index (χ0n) is 78.6. The fraction of sp³-hybridized carbons (Fsp3) is 0.644. The van der Waals surface area contributed by atoms with E-state index in [0.717, 1.165) is 21.6 Å². The Balaban J connectivity index is 1.33. The number of hydrogen-bond donors (Lipinski definition) is 21. The lowest BCUT2D eigenvalue weighted by atomic mass is 10.0. The van der Waals surface area contributed by atoms with Crippen molar-refractivity contribution in [2.24, 2.45) is 29.0 Å². The number of guanidine groups is 1. The van der Waals surface area contributed by atoms with Gasteiger partial charge < -0.3 is 127 Å². The number of carbonyl (C=O) groups is 19. The highest BCUT2D eigenvalue weighted by Crippen LogP contribution is 2.30. The summed E-state index contributed by atoms with van der Waals surface area (Å²) in [6, 6.07) is -10.5. The van der Waals surface area contributed by atoms with Crippen LogP contribution in [0.25, 0.3) is 0 Å². The first-order chi connectivity index (χ1) is 65.2. The van der Waals surface area contributed by atoms with Crippen molar-refractivity contribution in [1.82, 2.24) is 94.0 Å². The molecule has 5 saturated heterocycles. The number of carbonyl (C=O) groups excluding carboxylic acids is 18. The van der Waals surface area contributed by atoms with E-state index in [1.165, 1.54) is 39.5 Å². The number of nitrogens with one attached hydrogen (secondary N) is 15. The number of rotatable bonds is 36. The predicted octanol–water partition coefficient (Wildman–Crippen LogP) is -3.16. The maximum atomic E-state index is 15.6. The van der Waals surface area contributed by atoms with Gasteiger partial charge in [-0.05, 0) is 158 Å². The fourth-order valence-electron chi connectivity index (χ4n) is 16.9. The molecule has 0 aromatic heterocycles. The van der Waals surface area contributed by atoms with E-state index < -0.39 is 258 Å². The second-order valence-corrected chi connectivity index (χ2v) is 38.8. The summed E-state index contributed by atoms with van der Waals surface area (Å²) in [5.41, 5.74) is 18.0. The molecule has 5 aliphatic heterocycles. The summed E-state index contributed by atoms with van der Waals surface area (Å²) in [7, 11) is 1.90. The van der Waals surface area contributed by atoms with E-state index in [9.17, 15) is 77.6 Å². The maximum absolute atomic E-state index is 15.6. The van der Waals surface area contributed by atoms with Crippen molar-refractivity contribution < 1.29 is 106 Å². The Bertz CT molecular complexity index is 4570. The normalized spacial score (nSPS) is 24.3. The second-order valence-electron chi connectivity index (χ2n) is 35.7. The van der Waals surface area contributed by atoms with Gasteiger partial charge in [0.1, 0.15) is 103 Å². The Morgan fingerprint density at radius 3 is 1.72 bits per heavy atom. The van der Waals surface area contributed by atoms with Crippen molar-refractivity contribution >= 4 is 151 Å². The molecule has 758 valence electrons. The highest BCUT2D eigenvalue weighted by Gasteiger charge is 2.47. The predicted molar refractivity (Wildman–Crippen MR) is 506 cm³/mol. The molecule has 2 aromatic rings. The Morgan fingerprint density at radius 2 is 1.12 bits per heavy atom. The molecule has 24 N–H and O–H groups in total. The SMILES string of the molecule is CCCC[C@@H]1NC(=O)[C@H](CO)NC(=O)[C@H](CCCNC(=N)N)NC(=O)[C@H](CC(C)C)NC(=O)C(NC(=O)[C@H](Cc2cccc(Cl)c2)NC(=O)[C@@H]2CCCN2C(=O)[C@@H](NC(C)=O)C(C)C)CCSSC[C@@H](C(=O)NC(CCCCN)C(=O)N2CCC[C@H]2C(=O)N2CCC[C@H]2C(=O)N[C@@H](CCC(=O)O)C(N)=O)NC(=O)[C@H](Cc2ccccc2)NC(=O)[C@H](CO)NC(=O)[C@H](C)NC(=O)[C@@H]2CCCN2C1=O. The summed E-state index contributed by atoms with van der Waals surface area (Å²) < 4.78 is 0. The van der Waals surface area contributed by atoms with Crippen molar-refractivity contribution in [3.8, 4) is 0 Å². The van der Waals surface area contributed by atoms with E-state index in [1.54, 1.807) is 76.2 Å². The van der Waals surface area contributed by atoms with Crippen LogP contribution in [0.2, 0.25) is 5.02 Å². The first kappa shape index (κ1) is 113. The van der Waals surface area contributed by atoms with Crippen molar-refractivity contribution in [1.29, 1.82) is 5.41 Å². The van der Waals surface area contributed by atoms with E-state index in [0.29, 0.717) is 43.2 Å². The number of aliphatic hydroxyl groups is 2. The van der Waals surface area contributed by atoms with Gasteiger partial charge in [0.25, 0.3) is 0 Å². The molecule has 0 saturated carbocycles. The van der Waals surface area contributed by atoms with Gasteiger partial charge in [-0.1, -0.05) is 123 Å². The fourth-order valence-corrected chi connectivity index (χ4v) is 19.4. The van der Waals surface area contributed by atoms with Crippen LogP contribution in [0.4, 0.5) is 0 Å². The quantitative estimate of drug-likeness (QED) is 0.0139. The molecule has 5 aliphatic rings. The number of unbranched alkanes of at least 4 members (excludes halogenated alkanes) is 2. The monoisotopic (exact) mass is 1980 g/mol. The first-order valence-electron chi connectivity index (χ1n) is 46.9. The van der Waals surface area contributed by atoms with Crippen molar-refractivity contribution in [3.63, 3.8) is 0 Å². The third kappa shape index (κ3) is 34.9. The summed E-state index contributed by atoms with van der Waals surface area (Å²) in [6.07, 6.45) is 0.736. The molecular weight excluding hydrogens is 1840 g/mol.